The fourth-order valence-electron chi connectivity index (χ4n) is 7.49. The standard InChI is InChI=1S/C25H30N4OS2.C16H22N4O/c1-18-2-4-21-22(14-18)29(25(30)17-27-21)11-10-28-8-6-20(7-9-28)26-16-19-3-5-23-24(15-19)32-13-12-31-23;1-12-2-3-14-15(10-12)20(16(21)11-18-14)9-8-19-6-4-13(17)5-7-19/h2-5,14-15,17,20,26H,6-13,16H2,1H3;2-3,10-11,13H,4-9,17H2,1H3. The molecule has 0 bridgehead atoms. The lowest BCUT2D eigenvalue weighted by Gasteiger charge is -2.32. The number of rotatable bonds is 9. The summed E-state index contributed by atoms with van der Waals surface area (Å²) in [6, 6.07) is 20.0. The molecule has 2 saturated heterocycles. The lowest BCUT2D eigenvalue weighted by atomic mass is 10.0. The van der Waals surface area contributed by atoms with Crippen LogP contribution in [-0.4, -0.2) is 91.8 Å². The largest absolute Gasteiger partial charge is 0.328 e. The van der Waals surface area contributed by atoms with E-state index in [4.69, 9.17) is 5.73 Å². The van der Waals surface area contributed by atoms with E-state index in [0.717, 1.165) is 105 Å². The first-order valence-corrected chi connectivity index (χ1v) is 21.0. The van der Waals surface area contributed by atoms with Gasteiger partial charge in [0.1, 0.15) is 0 Å². The second kappa shape index (κ2) is 17.7. The molecule has 5 heterocycles. The van der Waals surface area contributed by atoms with Gasteiger partial charge >= 0.3 is 0 Å². The van der Waals surface area contributed by atoms with Crippen LogP contribution >= 0.6 is 23.5 Å². The third-order valence-corrected chi connectivity index (χ3v) is 13.2. The molecule has 0 saturated carbocycles. The minimum atomic E-state index is -0.0261. The van der Waals surface area contributed by atoms with Crippen molar-refractivity contribution in [2.24, 2.45) is 5.73 Å². The van der Waals surface area contributed by atoms with Crippen LogP contribution in [0.5, 0.6) is 0 Å². The summed E-state index contributed by atoms with van der Waals surface area (Å²) < 4.78 is 3.72. The fraction of sp³-hybridized carbons (Fsp3) is 0.463. The van der Waals surface area contributed by atoms with Crippen LogP contribution in [0.4, 0.5) is 0 Å². The number of likely N-dealkylation sites (tertiary alicyclic amines) is 2. The summed E-state index contributed by atoms with van der Waals surface area (Å²) in [6.07, 6.45) is 7.27. The van der Waals surface area contributed by atoms with E-state index in [9.17, 15) is 9.59 Å². The number of hydrogen-bond acceptors (Lipinski definition) is 10. The molecule has 0 aliphatic carbocycles. The van der Waals surface area contributed by atoms with Crippen LogP contribution in [0.25, 0.3) is 22.1 Å². The van der Waals surface area contributed by atoms with Crippen LogP contribution in [0.15, 0.2) is 86.4 Å². The van der Waals surface area contributed by atoms with Crippen LogP contribution in [0, 0.1) is 13.8 Å². The Morgan fingerprint density at radius 1 is 0.679 bits per heavy atom. The van der Waals surface area contributed by atoms with E-state index in [1.165, 1.54) is 39.3 Å². The molecule has 3 aliphatic heterocycles. The van der Waals surface area contributed by atoms with Crippen LogP contribution in [0.1, 0.15) is 42.4 Å². The molecular weight excluding hydrogens is 701 g/mol. The van der Waals surface area contributed by atoms with E-state index in [-0.39, 0.29) is 11.1 Å². The molecule has 3 N–H and O–H groups in total. The first-order valence-electron chi connectivity index (χ1n) is 19.0. The Labute approximate surface area is 320 Å². The van der Waals surface area contributed by atoms with Gasteiger partial charge in [-0.15, -0.1) is 23.5 Å². The number of aryl methyl sites for hydroxylation is 2. The average Bonchev–Trinajstić information content (AvgIpc) is 3.17. The van der Waals surface area contributed by atoms with Crippen LogP contribution in [0.2, 0.25) is 0 Å². The van der Waals surface area contributed by atoms with Crippen molar-refractivity contribution in [3.8, 4) is 0 Å². The highest BCUT2D eigenvalue weighted by molar-refractivity contribution is 8.05. The fourth-order valence-corrected chi connectivity index (χ4v) is 9.76. The highest BCUT2D eigenvalue weighted by Gasteiger charge is 2.20. The highest BCUT2D eigenvalue weighted by atomic mass is 32.2. The van der Waals surface area contributed by atoms with E-state index >= 15 is 0 Å². The molecule has 0 amide bonds. The smallest absolute Gasteiger partial charge is 0.269 e. The SMILES string of the molecule is Cc1ccc2ncc(=O)n(CCN3CCC(N)CC3)c2c1.Cc1ccc2ncc(=O)n(CCN3CCC(NCc4ccc5c(c4)SCCS5)CC3)c2c1. The van der Waals surface area contributed by atoms with Gasteiger partial charge in [0.05, 0.1) is 34.5 Å². The minimum absolute atomic E-state index is 0.0127. The van der Waals surface area contributed by atoms with Crippen molar-refractivity contribution in [1.29, 1.82) is 0 Å². The van der Waals surface area contributed by atoms with Gasteiger partial charge in [-0.3, -0.25) is 9.59 Å². The molecule has 2 fully saturated rings. The van der Waals surface area contributed by atoms with E-state index < -0.39 is 0 Å². The summed E-state index contributed by atoms with van der Waals surface area (Å²) in [5.41, 5.74) is 13.2. The van der Waals surface area contributed by atoms with Crippen molar-refractivity contribution in [3.63, 3.8) is 0 Å². The number of thioether (sulfide) groups is 2. The van der Waals surface area contributed by atoms with Gasteiger partial charge in [-0.05, 0) is 119 Å². The predicted octanol–water partition coefficient (Wildman–Crippen LogP) is 5.28. The van der Waals surface area contributed by atoms with Crippen LogP contribution in [-0.2, 0) is 19.6 Å². The predicted molar refractivity (Wildman–Crippen MR) is 219 cm³/mol. The topological polar surface area (TPSA) is 114 Å². The Hall–Kier alpha value is -3.52. The van der Waals surface area contributed by atoms with Crippen molar-refractivity contribution in [2.45, 2.75) is 81.0 Å². The number of aromatic nitrogens is 4. The Kier molecular flexibility index (Phi) is 12.6. The molecule has 0 unspecified atom stereocenters. The van der Waals surface area contributed by atoms with Crippen molar-refractivity contribution in [3.05, 3.63) is 104 Å². The third kappa shape index (κ3) is 9.78. The Balaban J connectivity index is 0.000000179. The molecule has 2 aromatic heterocycles. The van der Waals surface area contributed by atoms with Crippen molar-refractivity contribution >= 4 is 45.6 Å². The van der Waals surface area contributed by atoms with Gasteiger partial charge in [-0.1, -0.05) is 18.2 Å². The molecule has 3 aliphatic rings. The van der Waals surface area contributed by atoms with Crippen molar-refractivity contribution < 1.29 is 0 Å². The van der Waals surface area contributed by atoms with Gasteiger partial charge in [-0.25, -0.2) is 9.97 Å². The van der Waals surface area contributed by atoms with Gasteiger partial charge in [0.15, 0.2) is 0 Å². The number of nitrogens with one attached hydrogen (secondary N) is 1. The lowest BCUT2D eigenvalue weighted by molar-refractivity contribution is 0.191. The third-order valence-electron chi connectivity index (χ3n) is 10.7. The normalized spacial score (nSPS) is 17.5. The lowest BCUT2D eigenvalue weighted by Crippen LogP contribution is -2.43. The van der Waals surface area contributed by atoms with Crippen LogP contribution < -0.4 is 22.2 Å². The molecule has 280 valence electrons. The van der Waals surface area contributed by atoms with Gasteiger partial charge in [0.2, 0.25) is 0 Å². The highest BCUT2D eigenvalue weighted by Crippen LogP contribution is 2.37. The quantitative estimate of drug-likeness (QED) is 0.206. The Morgan fingerprint density at radius 2 is 1.21 bits per heavy atom. The summed E-state index contributed by atoms with van der Waals surface area (Å²) in [5.74, 6) is 2.44. The first-order chi connectivity index (χ1) is 25.8. The second-order valence-corrected chi connectivity index (χ2v) is 16.9. The minimum Gasteiger partial charge on any atom is -0.328 e. The summed E-state index contributed by atoms with van der Waals surface area (Å²) >= 11 is 3.96. The van der Waals surface area contributed by atoms with Crippen molar-refractivity contribution in [1.82, 2.24) is 34.2 Å². The molecule has 12 heteroatoms. The Morgan fingerprint density at radius 3 is 1.77 bits per heavy atom. The maximum Gasteiger partial charge on any atom is 0.269 e. The summed E-state index contributed by atoms with van der Waals surface area (Å²) in [4.78, 5) is 40.9. The molecule has 5 aromatic rings. The zero-order valence-electron chi connectivity index (χ0n) is 31.0. The molecule has 53 heavy (non-hydrogen) atoms. The average molecular weight is 753 g/mol. The molecule has 0 atom stereocenters. The number of hydrogen-bond donors (Lipinski definition) is 2. The molecule has 10 nitrogen and oxygen atoms in total. The summed E-state index contributed by atoms with van der Waals surface area (Å²) in [5, 5.41) is 3.77. The number of piperidine rings is 2. The maximum atomic E-state index is 12.4. The van der Waals surface area contributed by atoms with Gasteiger partial charge in [-0.2, -0.15) is 0 Å². The zero-order chi connectivity index (χ0) is 36.7. The molecule has 8 rings (SSSR count). The van der Waals surface area contributed by atoms with Gasteiger partial charge in [0.25, 0.3) is 11.1 Å². The van der Waals surface area contributed by atoms with Gasteiger partial charge in [0, 0.05) is 66.1 Å². The maximum absolute atomic E-state index is 12.4. The van der Waals surface area contributed by atoms with Gasteiger partial charge < -0.3 is 30.0 Å². The second-order valence-electron chi connectivity index (χ2n) is 14.6. The first kappa shape index (κ1) is 37.8. The number of nitrogens with two attached hydrogens (primary N) is 1. The Bertz CT molecular complexity index is 2140. The number of fused-ring (bicyclic) bond motifs is 3. The zero-order valence-corrected chi connectivity index (χ0v) is 32.6. The van der Waals surface area contributed by atoms with E-state index in [1.807, 2.05) is 69.9 Å². The molecule has 0 spiro atoms. The summed E-state index contributed by atoms with van der Waals surface area (Å²) in [6.45, 7) is 12.4. The monoisotopic (exact) mass is 752 g/mol. The van der Waals surface area contributed by atoms with E-state index in [1.54, 1.807) is 0 Å². The van der Waals surface area contributed by atoms with E-state index in [2.05, 4.69) is 56.3 Å². The molecular formula is C41H52N8O2S2. The molecule has 3 aromatic carbocycles. The van der Waals surface area contributed by atoms with E-state index in [0.29, 0.717) is 25.2 Å². The molecule has 0 radical (unpaired) electrons. The van der Waals surface area contributed by atoms with Crippen LogP contribution in [0.3, 0.4) is 0 Å². The number of benzene rings is 3. The van der Waals surface area contributed by atoms with Crippen molar-refractivity contribution in [2.75, 3.05) is 50.8 Å². The summed E-state index contributed by atoms with van der Waals surface area (Å²) in [7, 11) is 0. The number of nitrogens with zero attached hydrogens (tertiary/aromatic N) is 6.